The fourth-order valence-electron chi connectivity index (χ4n) is 2.96. The maximum absolute atomic E-state index is 12.1. The minimum absolute atomic E-state index is 0.152. The second kappa shape index (κ2) is 6.40. The third-order valence-corrected chi connectivity index (χ3v) is 5.05. The van der Waals surface area contributed by atoms with Gasteiger partial charge < -0.3 is 14.4 Å². The molecule has 2 N–H and O–H groups in total. The van der Waals surface area contributed by atoms with Gasteiger partial charge in [-0.1, -0.05) is 42.1 Å². The number of rotatable bonds is 4. The van der Waals surface area contributed by atoms with Crippen LogP contribution in [0.3, 0.4) is 0 Å². The fraction of sp³-hybridized carbons (Fsp3) is 0.0526. The number of hydrogen-bond acceptors (Lipinski definition) is 6. The van der Waals surface area contributed by atoms with Crippen LogP contribution in [-0.4, -0.2) is 25.1 Å². The van der Waals surface area contributed by atoms with Gasteiger partial charge in [-0.2, -0.15) is 0 Å². The van der Waals surface area contributed by atoms with Gasteiger partial charge in [-0.25, -0.2) is 4.98 Å². The van der Waals surface area contributed by atoms with Crippen molar-refractivity contribution in [3.63, 3.8) is 0 Å². The van der Waals surface area contributed by atoms with E-state index >= 15 is 0 Å². The summed E-state index contributed by atoms with van der Waals surface area (Å²) in [5.74, 6) is 1.45. The van der Waals surface area contributed by atoms with Crippen molar-refractivity contribution in [2.45, 2.75) is 11.0 Å². The summed E-state index contributed by atoms with van der Waals surface area (Å²) < 4.78 is 5.78. The first-order chi connectivity index (χ1) is 13.3. The van der Waals surface area contributed by atoms with Crippen LogP contribution in [0.15, 0.2) is 69.2 Å². The second-order valence-electron chi connectivity index (χ2n) is 5.94. The van der Waals surface area contributed by atoms with Crippen LogP contribution in [0.4, 0.5) is 0 Å². The number of nitrogens with zero attached hydrogens (tertiary/aromatic N) is 3. The Hall–Kier alpha value is -3.39. The molecule has 0 radical (unpaired) electrons. The average molecular weight is 375 g/mol. The molecule has 0 unspecified atom stereocenters. The van der Waals surface area contributed by atoms with E-state index in [1.54, 1.807) is 6.07 Å². The van der Waals surface area contributed by atoms with Crippen molar-refractivity contribution in [3.8, 4) is 11.5 Å². The maximum atomic E-state index is 12.1. The first kappa shape index (κ1) is 15.8. The highest BCUT2D eigenvalue weighted by Crippen LogP contribution is 2.30. The molecule has 7 nitrogen and oxygen atoms in total. The van der Waals surface area contributed by atoms with Crippen molar-refractivity contribution in [2.75, 3.05) is 0 Å². The highest BCUT2D eigenvalue weighted by molar-refractivity contribution is 7.98. The van der Waals surface area contributed by atoms with Crippen LogP contribution in [-0.2, 0) is 5.75 Å². The summed E-state index contributed by atoms with van der Waals surface area (Å²) in [6.45, 7) is 0. The quantitative estimate of drug-likeness (QED) is 0.464. The number of thioether (sulfide) groups is 1. The minimum atomic E-state index is -0.152. The lowest BCUT2D eigenvalue weighted by molar-refractivity contribution is 0.466. The molecule has 8 heteroatoms. The summed E-state index contributed by atoms with van der Waals surface area (Å²) >= 11 is 1.33. The summed E-state index contributed by atoms with van der Waals surface area (Å²) in [5.41, 5.74) is 2.39. The molecule has 0 aliphatic rings. The molecule has 0 saturated heterocycles. The Kier molecular flexibility index (Phi) is 3.75. The standard InChI is InChI=1S/C19H13N5O2S/c25-17-12-6-2-4-8-15(12)21-16(22-17)10-27-19-24-23-18(26-19)13-9-20-14-7-3-1-5-11(13)14/h1-9,20H,10H2,(H,21,22,25). The van der Waals surface area contributed by atoms with Crippen molar-refractivity contribution >= 4 is 33.6 Å². The highest BCUT2D eigenvalue weighted by Gasteiger charge is 2.14. The van der Waals surface area contributed by atoms with E-state index < -0.39 is 0 Å². The molecule has 0 saturated carbocycles. The molecule has 132 valence electrons. The van der Waals surface area contributed by atoms with Crippen LogP contribution >= 0.6 is 11.8 Å². The van der Waals surface area contributed by atoms with Crippen molar-refractivity contribution in [2.24, 2.45) is 0 Å². The molecular formula is C19H13N5O2S. The number of hydrogen-bond donors (Lipinski definition) is 2. The van der Waals surface area contributed by atoms with Gasteiger partial charge in [0.05, 0.1) is 22.2 Å². The molecule has 2 aromatic carbocycles. The highest BCUT2D eigenvalue weighted by atomic mass is 32.2. The van der Waals surface area contributed by atoms with Gasteiger partial charge in [0, 0.05) is 17.1 Å². The van der Waals surface area contributed by atoms with Gasteiger partial charge in [0.25, 0.3) is 16.7 Å². The van der Waals surface area contributed by atoms with E-state index in [1.807, 2.05) is 48.7 Å². The van der Waals surface area contributed by atoms with E-state index in [0.29, 0.717) is 33.6 Å². The Morgan fingerprint density at radius 3 is 2.74 bits per heavy atom. The molecule has 0 aliphatic carbocycles. The topological polar surface area (TPSA) is 100 Å². The zero-order valence-electron chi connectivity index (χ0n) is 14.0. The van der Waals surface area contributed by atoms with E-state index in [1.165, 1.54) is 11.8 Å². The molecule has 0 amide bonds. The zero-order chi connectivity index (χ0) is 18.2. The van der Waals surface area contributed by atoms with Crippen molar-refractivity contribution in [3.05, 3.63) is 70.9 Å². The third-order valence-electron chi connectivity index (χ3n) is 4.22. The fourth-order valence-corrected chi connectivity index (χ4v) is 3.59. The molecule has 27 heavy (non-hydrogen) atoms. The monoisotopic (exact) mass is 375 g/mol. The maximum Gasteiger partial charge on any atom is 0.277 e. The summed E-state index contributed by atoms with van der Waals surface area (Å²) in [4.78, 5) is 22.6. The molecule has 0 atom stereocenters. The van der Waals surface area contributed by atoms with Gasteiger partial charge in [0.2, 0.25) is 0 Å². The molecule has 3 heterocycles. The molecule has 0 bridgehead atoms. The third kappa shape index (κ3) is 2.89. The largest absolute Gasteiger partial charge is 0.411 e. The van der Waals surface area contributed by atoms with Crippen molar-refractivity contribution in [1.29, 1.82) is 0 Å². The molecule has 0 aliphatic heterocycles. The number of H-pyrrole nitrogens is 2. The predicted octanol–water partition coefficient (Wildman–Crippen LogP) is 3.75. The Labute approximate surface area is 156 Å². The Balaban J connectivity index is 1.39. The van der Waals surface area contributed by atoms with E-state index in [2.05, 4.69) is 25.1 Å². The Morgan fingerprint density at radius 2 is 1.81 bits per heavy atom. The zero-order valence-corrected chi connectivity index (χ0v) is 14.8. The van der Waals surface area contributed by atoms with Gasteiger partial charge in [-0.15, -0.1) is 10.2 Å². The van der Waals surface area contributed by atoms with E-state index in [4.69, 9.17) is 4.42 Å². The van der Waals surface area contributed by atoms with Crippen LogP contribution in [0.25, 0.3) is 33.3 Å². The van der Waals surface area contributed by atoms with Crippen LogP contribution in [0.5, 0.6) is 0 Å². The number of fused-ring (bicyclic) bond motifs is 2. The molecule has 5 rings (SSSR count). The molecule has 5 aromatic rings. The summed E-state index contributed by atoms with van der Waals surface area (Å²) in [6, 6.07) is 15.2. The summed E-state index contributed by atoms with van der Waals surface area (Å²) in [5, 5.41) is 10.3. The summed E-state index contributed by atoms with van der Waals surface area (Å²) in [6.07, 6.45) is 1.86. The second-order valence-corrected chi connectivity index (χ2v) is 6.87. The number of nitrogens with one attached hydrogen (secondary N) is 2. The molecule has 0 spiro atoms. The van der Waals surface area contributed by atoms with E-state index in [-0.39, 0.29) is 5.56 Å². The number of aromatic amines is 2. The lowest BCUT2D eigenvalue weighted by Crippen LogP contribution is -2.11. The molecule has 0 fully saturated rings. The molecular weight excluding hydrogens is 362 g/mol. The number of para-hydroxylation sites is 2. The SMILES string of the molecule is O=c1[nH]c(CSc2nnc(-c3c[nH]c4ccccc34)o2)nc2ccccc12. The van der Waals surface area contributed by atoms with Crippen LogP contribution in [0.1, 0.15) is 5.82 Å². The normalized spacial score (nSPS) is 11.4. The lowest BCUT2D eigenvalue weighted by atomic mass is 10.2. The Morgan fingerprint density at radius 1 is 1.00 bits per heavy atom. The summed E-state index contributed by atoms with van der Waals surface area (Å²) in [7, 11) is 0. The number of benzene rings is 2. The van der Waals surface area contributed by atoms with Gasteiger partial charge in [0.15, 0.2) is 0 Å². The van der Waals surface area contributed by atoms with Crippen LogP contribution < -0.4 is 5.56 Å². The minimum Gasteiger partial charge on any atom is -0.411 e. The van der Waals surface area contributed by atoms with Crippen molar-refractivity contribution < 1.29 is 4.42 Å². The first-order valence-corrected chi connectivity index (χ1v) is 9.27. The van der Waals surface area contributed by atoms with Crippen LogP contribution in [0, 0.1) is 0 Å². The van der Waals surface area contributed by atoms with Crippen LogP contribution in [0.2, 0.25) is 0 Å². The smallest absolute Gasteiger partial charge is 0.277 e. The van der Waals surface area contributed by atoms with Gasteiger partial charge >= 0.3 is 0 Å². The molecule has 3 aromatic heterocycles. The van der Waals surface area contributed by atoms with E-state index in [0.717, 1.165) is 16.5 Å². The Bertz CT molecular complexity index is 1320. The van der Waals surface area contributed by atoms with Gasteiger partial charge in [-0.05, 0) is 18.2 Å². The van der Waals surface area contributed by atoms with Gasteiger partial charge in [-0.3, -0.25) is 4.79 Å². The van der Waals surface area contributed by atoms with Crippen molar-refractivity contribution in [1.82, 2.24) is 25.1 Å². The van der Waals surface area contributed by atoms with Gasteiger partial charge in [0.1, 0.15) is 5.82 Å². The average Bonchev–Trinajstić information content (AvgIpc) is 3.33. The van der Waals surface area contributed by atoms with E-state index in [9.17, 15) is 4.79 Å². The lowest BCUT2D eigenvalue weighted by Gasteiger charge is -2.00. The predicted molar refractivity (Wildman–Crippen MR) is 104 cm³/mol. The first-order valence-electron chi connectivity index (χ1n) is 8.29. The number of aromatic nitrogens is 5.